The third-order valence-electron chi connectivity index (χ3n) is 11.0. The van der Waals surface area contributed by atoms with Crippen LogP contribution in [0.4, 0.5) is 0 Å². The second-order valence-electron chi connectivity index (χ2n) is 13.4. The highest BCUT2D eigenvalue weighted by Crippen LogP contribution is 2.64. The molecule has 9 aromatic rings. The van der Waals surface area contributed by atoms with Crippen molar-refractivity contribution in [2.75, 3.05) is 0 Å². The van der Waals surface area contributed by atoms with Gasteiger partial charge in [-0.2, -0.15) is 0 Å². The fourth-order valence-corrected chi connectivity index (χ4v) is 10.4. The normalized spacial score (nSPS) is 13.4. The van der Waals surface area contributed by atoms with Gasteiger partial charge in [0.15, 0.2) is 0 Å². The van der Waals surface area contributed by atoms with Gasteiger partial charge >= 0.3 is 0 Å². The number of hydrogen-bond donors (Lipinski definition) is 0. The Morgan fingerprint density at radius 2 is 0.920 bits per heavy atom. The molecular formula is C48H29NS. The molecule has 0 bridgehead atoms. The Hall–Kier alpha value is -5.96. The van der Waals surface area contributed by atoms with E-state index in [2.05, 4.69) is 170 Å². The van der Waals surface area contributed by atoms with E-state index in [4.69, 9.17) is 4.98 Å². The van der Waals surface area contributed by atoms with Gasteiger partial charge in [0.2, 0.25) is 0 Å². The molecule has 0 amide bonds. The number of rotatable bonds is 3. The summed E-state index contributed by atoms with van der Waals surface area (Å²) in [5.41, 5.74) is 12.9. The molecule has 0 aliphatic heterocycles. The number of nitrogens with zero attached hydrogens (tertiary/aromatic N) is 1. The topological polar surface area (TPSA) is 12.9 Å². The van der Waals surface area contributed by atoms with Gasteiger partial charge in [0, 0.05) is 33.1 Å². The molecule has 2 heteroatoms. The Balaban J connectivity index is 1.19. The molecule has 2 aliphatic rings. The first-order valence-corrected chi connectivity index (χ1v) is 18.0. The van der Waals surface area contributed by atoms with Crippen molar-refractivity contribution in [2.24, 2.45) is 0 Å². The van der Waals surface area contributed by atoms with Crippen LogP contribution in [0.15, 0.2) is 186 Å². The maximum atomic E-state index is 4.70. The van der Waals surface area contributed by atoms with Crippen LogP contribution in [0.5, 0.6) is 0 Å². The molecule has 8 aromatic carbocycles. The van der Waals surface area contributed by atoms with E-state index < -0.39 is 0 Å². The zero-order valence-electron chi connectivity index (χ0n) is 27.1. The summed E-state index contributed by atoms with van der Waals surface area (Å²) in [6.07, 6.45) is 4.01. The third-order valence-corrected chi connectivity index (χ3v) is 12.2. The molecule has 1 aromatic heterocycles. The Kier molecular flexibility index (Phi) is 5.88. The van der Waals surface area contributed by atoms with E-state index in [1.54, 1.807) is 0 Å². The number of fused-ring (bicyclic) bond motifs is 13. The molecule has 0 saturated carbocycles. The van der Waals surface area contributed by atoms with Crippen LogP contribution in [0.1, 0.15) is 22.3 Å². The minimum absolute atomic E-state index is 0.359. The van der Waals surface area contributed by atoms with Gasteiger partial charge < -0.3 is 0 Å². The van der Waals surface area contributed by atoms with Crippen LogP contribution < -0.4 is 0 Å². The summed E-state index contributed by atoms with van der Waals surface area (Å²) in [5.74, 6) is 0. The lowest BCUT2D eigenvalue weighted by molar-refractivity contribution is 0.792. The predicted octanol–water partition coefficient (Wildman–Crippen LogP) is 12.7. The molecule has 1 heterocycles. The minimum Gasteiger partial charge on any atom is -0.264 e. The zero-order valence-corrected chi connectivity index (χ0v) is 27.9. The molecule has 1 nitrogen and oxygen atoms in total. The molecule has 1 spiro atoms. The molecule has 0 unspecified atom stereocenters. The molecule has 0 N–H and O–H groups in total. The van der Waals surface area contributed by atoms with Gasteiger partial charge in [0.05, 0.1) is 5.41 Å². The maximum absolute atomic E-state index is 4.70. The van der Waals surface area contributed by atoms with Gasteiger partial charge in [-0.3, -0.25) is 4.98 Å². The zero-order chi connectivity index (χ0) is 32.8. The summed E-state index contributed by atoms with van der Waals surface area (Å²) in [4.78, 5) is 7.24. The third kappa shape index (κ3) is 3.61. The van der Waals surface area contributed by atoms with Gasteiger partial charge in [-0.1, -0.05) is 163 Å². The summed E-state index contributed by atoms with van der Waals surface area (Å²) in [5, 5.41) is 7.40. The fraction of sp³-hybridized carbons (Fsp3) is 0.0208. The minimum atomic E-state index is -0.359. The first-order valence-electron chi connectivity index (χ1n) is 17.2. The van der Waals surface area contributed by atoms with E-state index >= 15 is 0 Å². The summed E-state index contributed by atoms with van der Waals surface area (Å²) in [7, 11) is 0. The van der Waals surface area contributed by atoms with Crippen molar-refractivity contribution < 1.29 is 0 Å². The fourth-order valence-electron chi connectivity index (χ4n) is 9.13. The molecule has 232 valence electrons. The molecule has 0 saturated heterocycles. The van der Waals surface area contributed by atoms with E-state index in [9.17, 15) is 0 Å². The van der Waals surface area contributed by atoms with Crippen molar-refractivity contribution in [1.82, 2.24) is 4.98 Å². The Labute approximate surface area is 294 Å². The van der Waals surface area contributed by atoms with Crippen molar-refractivity contribution in [3.63, 3.8) is 0 Å². The van der Waals surface area contributed by atoms with Crippen molar-refractivity contribution in [1.29, 1.82) is 0 Å². The summed E-state index contributed by atoms with van der Waals surface area (Å²) in [6, 6.07) is 60.6. The maximum Gasteiger partial charge on any atom is 0.0725 e. The highest BCUT2D eigenvalue weighted by molar-refractivity contribution is 8.00. The van der Waals surface area contributed by atoms with Gasteiger partial charge in [0.25, 0.3) is 0 Å². The lowest BCUT2D eigenvalue weighted by Crippen LogP contribution is -2.25. The number of aromatic nitrogens is 1. The Morgan fingerprint density at radius 3 is 1.70 bits per heavy atom. The monoisotopic (exact) mass is 651 g/mol. The second-order valence-corrected chi connectivity index (χ2v) is 14.4. The van der Waals surface area contributed by atoms with Crippen LogP contribution in [0.25, 0.3) is 65.7 Å². The number of pyridine rings is 1. The molecule has 2 aliphatic carbocycles. The smallest absolute Gasteiger partial charge is 0.0725 e. The van der Waals surface area contributed by atoms with E-state index in [0.29, 0.717) is 0 Å². The van der Waals surface area contributed by atoms with Crippen LogP contribution in [-0.2, 0) is 5.41 Å². The predicted molar refractivity (Wildman–Crippen MR) is 209 cm³/mol. The van der Waals surface area contributed by atoms with E-state index in [1.165, 1.54) is 97.7 Å². The van der Waals surface area contributed by atoms with Crippen LogP contribution in [0, 0.1) is 0 Å². The quantitative estimate of drug-likeness (QED) is 0.176. The van der Waals surface area contributed by atoms with E-state index in [0.717, 1.165) is 0 Å². The van der Waals surface area contributed by atoms with Crippen molar-refractivity contribution in [2.45, 2.75) is 15.2 Å². The van der Waals surface area contributed by atoms with Gasteiger partial charge in [-0.05, 0) is 89.1 Å². The van der Waals surface area contributed by atoms with Crippen molar-refractivity contribution in [3.05, 3.63) is 198 Å². The van der Waals surface area contributed by atoms with Crippen LogP contribution in [-0.4, -0.2) is 4.98 Å². The van der Waals surface area contributed by atoms with Gasteiger partial charge in [0.1, 0.15) is 0 Å². The second kappa shape index (κ2) is 10.5. The summed E-state index contributed by atoms with van der Waals surface area (Å²) in [6.45, 7) is 0. The number of hydrogen-bond acceptors (Lipinski definition) is 2. The van der Waals surface area contributed by atoms with Gasteiger partial charge in [-0.25, -0.2) is 0 Å². The number of benzene rings is 8. The van der Waals surface area contributed by atoms with Gasteiger partial charge in [-0.15, -0.1) is 0 Å². The lowest BCUT2D eigenvalue weighted by Gasteiger charge is -2.30. The molecule has 11 rings (SSSR count). The average molecular weight is 652 g/mol. The largest absolute Gasteiger partial charge is 0.264 e. The molecular weight excluding hydrogens is 623 g/mol. The molecule has 0 fully saturated rings. The first-order chi connectivity index (χ1) is 24.8. The average Bonchev–Trinajstić information content (AvgIpc) is 3.66. The lowest BCUT2D eigenvalue weighted by atomic mass is 9.70. The van der Waals surface area contributed by atoms with E-state index in [1.807, 2.05) is 18.0 Å². The Bertz CT molecular complexity index is 2760. The molecule has 0 atom stereocenters. The molecule has 50 heavy (non-hydrogen) atoms. The van der Waals surface area contributed by atoms with Crippen molar-refractivity contribution in [3.8, 4) is 33.4 Å². The SMILES string of the molecule is c1ccc2c(c1)-c1ccccc1C21c2ccccc2-c2c(Sc3c4ccccc4c(-c4cccc5ccccc45)c4cnccc34)cccc21. The highest BCUT2D eigenvalue weighted by Gasteiger charge is 2.52. The van der Waals surface area contributed by atoms with Crippen molar-refractivity contribution >= 4 is 44.1 Å². The standard InChI is InChI=1S/C48H29NS/c1-2-15-31-30(13-1)14-11-21-34(31)45-35-18-3-4-19-36(35)47(37-27-28-49-29-39(37)45)50-44-26-12-25-43-46(44)38-20-7-10-24-42(38)48(43)40-22-8-5-16-32(40)33-17-6-9-23-41(33)48/h1-29H. The van der Waals surface area contributed by atoms with Crippen LogP contribution >= 0.6 is 11.8 Å². The van der Waals surface area contributed by atoms with Crippen LogP contribution in [0.2, 0.25) is 0 Å². The first kappa shape index (κ1) is 27.9. The summed E-state index contributed by atoms with van der Waals surface area (Å²) >= 11 is 1.90. The molecule has 0 radical (unpaired) electrons. The Morgan fingerprint density at radius 1 is 0.380 bits per heavy atom. The summed E-state index contributed by atoms with van der Waals surface area (Å²) < 4.78 is 0. The highest BCUT2D eigenvalue weighted by atomic mass is 32.2. The van der Waals surface area contributed by atoms with Crippen LogP contribution in [0.3, 0.4) is 0 Å². The van der Waals surface area contributed by atoms with E-state index in [-0.39, 0.29) is 5.41 Å².